The van der Waals surface area contributed by atoms with Gasteiger partial charge in [0.05, 0.1) is 11.1 Å². The van der Waals surface area contributed by atoms with E-state index in [2.05, 4.69) is 10.9 Å². The van der Waals surface area contributed by atoms with Crippen LogP contribution >= 0.6 is 0 Å². The molecule has 3 heteroatoms. The Morgan fingerprint density at radius 1 is 1.06 bits per heavy atom. The molecule has 2 aromatic rings. The van der Waals surface area contributed by atoms with Crippen molar-refractivity contribution in [3.63, 3.8) is 0 Å². The van der Waals surface area contributed by atoms with Crippen LogP contribution in [0.25, 0.3) is 10.9 Å². The minimum Gasteiger partial charge on any atom is -0.289 e. The van der Waals surface area contributed by atoms with E-state index in [9.17, 15) is 9.59 Å². The van der Waals surface area contributed by atoms with Gasteiger partial charge in [-0.1, -0.05) is 24.1 Å². The first-order valence-electron chi connectivity index (χ1n) is 5.38. The zero-order valence-corrected chi connectivity index (χ0v) is 9.31. The molecule has 1 aromatic carbocycles. The number of hydrogen-bond acceptors (Lipinski definition) is 3. The smallest absolute Gasteiger partial charge is 0.205 e. The quantitative estimate of drug-likeness (QED) is 0.655. The molecule has 0 atom stereocenters. The summed E-state index contributed by atoms with van der Waals surface area (Å²) >= 11 is 0. The molecule has 1 aliphatic carbocycles. The summed E-state index contributed by atoms with van der Waals surface area (Å²) < 4.78 is 0. The third-order valence-electron chi connectivity index (χ3n) is 2.90. The first-order chi connectivity index (χ1) is 8.72. The van der Waals surface area contributed by atoms with Crippen molar-refractivity contribution in [1.82, 2.24) is 4.98 Å². The molecule has 18 heavy (non-hydrogen) atoms. The minimum atomic E-state index is -0.285. The second-order valence-corrected chi connectivity index (χ2v) is 3.93. The van der Waals surface area contributed by atoms with E-state index in [0.29, 0.717) is 11.1 Å². The second-order valence-electron chi connectivity index (χ2n) is 3.93. The number of terminal acetylenes is 1. The van der Waals surface area contributed by atoms with Gasteiger partial charge in [-0.3, -0.25) is 9.59 Å². The zero-order chi connectivity index (χ0) is 12.7. The van der Waals surface area contributed by atoms with Gasteiger partial charge in [0.15, 0.2) is 5.78 Å². The minimum absolute atomic E-state index is 0.147. The maximum atomic E-state index is 11.9. The predicted octanol–water partition coefficient (Wildman–Crippen LogP) is 2.15. The first-order valence-corrected chi connectivity index (χ1v) is 5.38. The lowest BCUT2D eigenvalue weighted by atomic mass is 9.92. The Kier molecular flexibility index (Phi) is 2.11. The van der Waals surface area contributed by atoms with Crippen molar-refractivity contribution in [3.05, 3.63) is 53.2 Å². The van der Waals surface area contributed by atoms with Gasteiger partial charge in [0.25, 0.3) is 0 Å². The highest BCUT2D eigenvalue weighted by molar-refractivity contribution is 6.23. The molecule has 1 aliphatic rings. The van der Waals surface area contributed by atoms with Crippen LogP contribution in [0.5, 0.6) is 0 Å². The highest BCUT2D eigenvalue weighted by atomic mass is 16.1. The van der Waals surface area contributed by atoms with Crippen molar-refractivity contribution in [2.45, 2.75) is 0 Å². The van der Waals surface area contributed by atoms with Crippen LogP contribution in [0.1, 0.15) is 26.4 Å². The molecule has 0 unspecified atom stereocenters. The highest BCUT2D eigenvalue weighted by Crippen LogP contribution is 2.26. The van der Waals surface area contributed by atoms with Crippen LogP contribution in [0.3, 0.4) is 0 Å². The van der Waals surface area contributed by atoms with Crippen molar-refractivity contribution in [2.24, 2.45) is 0 Å². The molecule has 1 aromatic heterocycles. The molecule has 84 valence electrons. The van der Waals surface area contributed by atoms with Crippen molar-refractivity contribution >= 4 is 22.5 Å². The van der Waals surface area contributed by atoms with E-state index in [1.807, 2.05) is 12.1 Å². The van der Waals surface area contributed by atoms with Crippen molar-refractivity contribution < 1.29 is 9.59 Å². The number of aromatic nitrogens is 1. The van der Waals surface area contributed by atoms with Gasteiger partial charge < -0.3 is 0 Å². The maximum Gasteiger partial charge on any atom is 0.205 e. The van der Waals surface area contributed by atoms with E-state index in [1.54, 1.807) is 12.1 Å². The van der Waals surface area contributed by atoms with Gasteiger partial charge in [0.2, 0.25) is 5.78 Å². The number of nitrogens with zero attached hydrogens (tertiary/aromatic N) is 1. The lowest BCUT2D eigenvalue weighted by Gasteiger charge is -2.12. The average Bonchev–Trinajstić information content (AvgIpc) is 2.41. The van der Waals surface area contributed by atoms with Gasteiger partial charge in [0.1, 0.15) is 5.69 Å². The van der Waals surface area contributed by atoms with Gasteiger partial charge in [-0.25, -0.2) is 4.98 Å². The Hall–Kier alpha value is -2.73. The van der Waals surface area contributed by atoms with Crippen LogP contribution in [0.15, 0.2) is 36.4 Å². The molecule has 0 fully saturated rings. The monoisotopic (exact) mass is 233 g/mol. The van der Waals surface area contributed by atoms with Crippen LogP contribution in [0.2, 0.25) is 0 Å². The van der Waals surface area contributed by atoms with Crippen LogP contribution in [-0.4, -0.2) is 16.6 Å². The fraction of sp³-hybridized carbons (Fsp3) is 0. The summed E-state index contributed by atoms with van der Waals surface area (Å²) in [5.41, 5.74) is 1.46. The molecule has 3 rings (SSSR count). The Balaban J connectivity index is 2.53. The topological polar surface area (TPSA) is 47.0 Å². The fourth-order valence-corrected chi connectivity index (χ4v) is 2.09. The molecule has 0 N–H and O–H groups in total. The van der Waals surface area contributed by atoms with Crippen LogP contribution in [0.4, 0.5) is 0 Å². The van der Waals surface area contributed by atoms with E-state index in [0.717, 1.165) is 5.39 Å². The molecule has 0 radical (unpaired) electrons. The summed E-state index contributed by atoms with van der Waals surface area (Å²) in [4.78, 5) is 27.9. The molecule has 0 amide bonds. The number of ketones is 2. The summed E-state index contributed by atoms with van der Waals surface area (Å²) in [6.45, 7) is 0. The summed E-state index contributed by atoms with van der Waals surface area (Å²) in [7, 11) is 0. The molecule has 0 spiro atoms. The number of rotatable bonds is 0. The molecule has 1 heterocycles. The van der Waals surface area contributed by atoms with Gasteiger partial charge in [0, 0.05) is 10.9 Å². The van der Waals surface area contributed by atoms with E-state index in [4.69, 9.17) is 6.42 Å². The third kappa shape index (κ3) is 1.30. The number of para-hydroxylation sites is 1. The molecule has 0 bridgehead atoms. The third-order valence-corrected chi connectivity index (χ3v) is 2.90. The number of hydrogen-bond donors (Lipinski definition) is 0. The van der Waals surface area contributed by atoms with Crippen LogP contribution in [-0.2, 0) is 0 Å². The van der Waals surface area contributed by atoms with E-state index >= 15 is 0 Å². The fourth-order valence-electron chi connectivity index (χ4n) is 2.09. The standard InChI is InChI=1S/C15H7NO2/c1-2-9-10-5-3-4-6-11(10)16-15-13(18)8-7-12(17)14(9)15/h1,3-8H. The molecule has 0 aliphatic heterocycles. The zero-order valence-electron chi connectivity index (χ0n) is 9.31. The predicted molar refractivity (Wildman–Crippen MR) is 67.5 cm³/mol. The second kappa shape index (κ2) is 3.64. The maximum absolute atomic E-state index is 11.9. The average molecular weight is 233 g/mol. The van der Waals surface area contributed by atoms with Crippen molar-refractivity contribution in [1.29, 1.82) is 0 Å². The van der Waals surface area contributed by atoms with Gasteiger partial charge in [-0.2, -0.15) is 0 Å². The van der Waals surface area contributed by atoms with E-state index in [-0.39, 0.29) is 22.8 Å². The number of fused-ring (bicyclic) bond motifs is 2. The van der Waals surface area contributed by atoms with Crippen molar-refractivity contribution in [2.75, 3.05) is 0 Å². The van der Waals surface area contributed by atoms with Gasteiger partial charge in [-0.15, -0.1) is 6.42 Å². The summed E-state index contributed by atoms with van der Waals surface area (Å²) in [6.07, 6.45) is 7.95. The molecular formula is C15H7NO2. The van der Waals surface area contributed by atoms with E-state index < -0.39 is 0 Å². The first kappa shape index (κ1) is 10.4. The Bertz CT molecular complexity index is 779. The Morgan fingerprint density at radius 2 is 1.78 bits per heavy atom. The van der Waals surface area contributed by atoms with Crippen molar-refractivity contribution in [3.8, 4) is 12.3 Å². The Morgan fingerprint density at radius 3 is 2.56 bits per heavy atom. The lowest BCUT2D eigenvalue weighted by Crippen LogP contribution is -2.16. The lowest BCUT2D eigenvalue weighted by molar-refractivity contribution is 0.0990. The normalized spacial score (nSPS) is 13.5. The largest absolute Gasteiger partial charge is 0.289 e. The highest BCUT2D eigenvalue weighted by Gasteiger charge is 2.25. The molecule has 0 saturated carbocycles. The number of benzene rings is 1. The van der Waals surface area contributed by atoms with Crippen LogP contribution in [0, 0.1) is 12.3 Å². The molecular weight excluding hydrogens is 226 g/mol. The number of carbonyl (C=O) groups excluding carboxylic acids is 2. The summed E-state index contributed by atoms with van der Waals surface area (Å²) in [5, 5.41) is 0.718. The number of carbonyl (C=O) groups is 2. The van der Waals surface area contributed by atoms with Gasteiger partial charge in [-0.05, 0) is 18.2 Å². The van der Waals surface area contributed by atoms with Gasteiger partial charge >= 0.3 is 0 Å². The summed E-state index contributed by atoms with van der Waals surface area (Å²) in [6, 6.07) is 7.20. The van der Waals surface area contributed by atoms with E-state index in [1.165, 1.54) is 12.2 Å². The van der Waals surface area contributed by atoms with Crippen LogP contribution < -0.4 is 0 Å². The SMILES string of the molecule is C#Cc1c2c(nc3ccccc13)C(=O)C=CC2=O. The molecule has 0 saturated heterocycles. The Labute approximate surface area is 103 Å². The summed E-state index contributed by atoms with van der Waals surface area (Å²) in [5.74, 6) is 1.95. The molecule has 3 nitrogen and oxygen atoms in total. The number of allylic oxidation sites excluding steroid dienone is 2. The number of pyridine rings is 1.